The van der Waals surface area contributed by atoms with Crippen molar-refractivity contribution in [3.63, 3.8) is 0 Å². The van der Waals surface area contributed by atoms with Crippen molar-refractivity contribution in [1.29, 1.82) is 0 Å². The summed E-state index contributed by atoms with van der Waals surface area (Å²) in [5, 5.41) is 13.2. The Balaban J connectivity index is 3.71. The molecule has 0 aliphatic heterocycles. The molecule has 168 valence electrons. The number of benzene rings is 1. The van der Waals surface area contributed by atoms with Gasteiger partial charge in [-0.2, -0.15) is 35.1 Å². The fourth-order valence-electron chi connectivity index (χ4n) is 1.68. The molecule has 1 aromatic carbocycles. The van der Waals surface area contributed by atoms with Crippen LogP contribution in [0.4, 0.5) is 52.2 Å². The van der Waals surface area contributed by atoms with Gasteiger partial charge < -0.3 is 10.6 Å². The SMILES string of the molecule is O=C(Nc1cc(C(F)(F)F)cc([N+](=O)[O-])c1NC(=O)C(F)(F)C(F)(F)F)C(Cl)(Cl)Cl. The van der Waals surface area contributed by atoms with E-state index in [-0.39, 0.29) is 12.1 Å². The zero-order valence-corrected chi connectivity index (χ0v) is 15.7. The van der Waals surface area contributed by atoms with Crippen LogP contribution in [-0.4, -0.2) is 32.6 Å². The molecule has 0 saturated heterocycles. The second kappa shape index (κ2) is 8.19. The number of hydrogen-bond donors (Lipinski definition) is 2. The second-order valence-electron chi connectivity index (χ2n) is 5.15. The summed E-state index contributed by atoms with van der Waals surface area (Å²) >= 11 is 15.5. The van der Waals surface area contributed by atoms with Crippen molar-refractivity contribution < 1.29 is 49.6 Å². The topological polar surface area (TPSA) is 101 Å². The third-order valence-corrected chi connectivity index (χ3v) is 3.54. The van der Waals surface area contributed by atoms with Crippen molar-refractivity contribution in [3.8, 4) is 0 Å². The number of carbonyl (C=O) groups is 2. The average Bonchev–Trinajstić information content (AvgIpc) is 2.52. The number of nitrogens with zero attached hydrogens (tertiary/aromatic N) is 1. The summed E-state index contributed by atoms with van der Waals surface area (Å²) < 4.78 is 99.2. The first-order valence-electron chi connectivity index (χ1n) is 6.73. The molecule has 1 rings (SSSR count). The molecule has 2 amide bonds. The van der Waals surface area contributed by atoms with Crippen LogP contribution in [0.15, 0.2) is 12.1 Å². The summed E-state index contributed by atoms with van der Waals surface area (Å²) in [4.78, 5) is 32.4. The highest BCUT2D eigenvalue weighted by Gasteiger charge is 2.63. The van der Waals surface area contributed by atoms with Gasteiger partial charge in [0.1, 0.15) is 5.69 Å². The fraction of sp³-hybridized carbons (Fsp3) is 0.333. The highest BCUT2D eigenvalue weighted by molar-refractivity contribution is 6.76. The van der Waals surface area contributed by atoms with Crippen LogP contribution >= 0.6 is 34.8 Å². The Kier molecular flexibility index (Phi) is 7.07. The predicted octanol–water partition coefficient (Wildman–Crippen LogP) is 5.06. The molecule has 0 aliphatic rings. The predicted molar refractivity (Wildman–Crippen MR) is 86.6 cm³/mol. The highest BCUT2D eigenvalue weighted by atomic mass is 35.6. The van der Waals surface area contributed by atoms with Crippen LogP contribution in [0.5, 0.6) is 0 Å². The molecule has 30 heavy (non-hydrogen) atoms. The number of hydrogen-bond acceptors (Lipinski definition) is 4. The number of anilines is 2. The minimum Gasteiger partial charge on any atom is -0.320 e. The lowest BCUT2D eigenvalue weighted by atomic mass is 10.1. The van der Waals surface area contributed by atoms with Crippen LogP contribution in [0.25, 0.3) is 0 Å². The average molecular weight is 513 g/mol. The van der Waals surface area contributed by atoms with Crippen molar-refractivity contribution in [3.05, 3.63) is 27.8 Å². The summed E-state index contributed by atoms with van der Waals surface area (Å²) in [5.41, 5.74) is -6.74. The molecule has 0 spiro atoms. The van der Waals surface area contributed by atoms with E-state index < -0.39 is 61.4 Å². The minimum atomic E-state index is -6.46. The van der Waals surface area contributed by atoms with E-state index >= 15 is 0 Å². The lowest BCUT2D eigenvalue weighted by molar-refractivity contribution is -0.384. The molecule has 0 fully saturated rings. The molecule has 2 N–H and O–H groups in total. The maximum Gasteiger partial charge on any atom is 0.463 e. The van der Waals surface area contributed by atoms with Gasteiger partial charge in [-0.25, -0.2) is 0 Å². The summed E-state index contributed by atoms with van der Waals surface area (Å²) in [6.07, 6.45) is -11.8. The lowest BCUT2D eigenvalue weighted by Gasteiger charge is -2.21. The normalized spacial score (nSPS) is 13.0. The van der Waals surface area contributed by atoms with E-state index in [1.165, 1.54) is 5.32 Å². The highest BCUT2D eigenvalue weighted by Crippen LogP contribution is 2.43. The number of halogens is 11. The molecule has 7 nitrogen and oxygen atoms in total. The molecule has 1 aromatic rings. The molecule has 0 bridgehead atoms. The van der Waals surface area contributed by atoms with Gasteiger partial charge in [0.05, 0.1) is 16.2 Å². The Labute approximate surface area is 174 Å². The number of alkyl halides is 11. The smallest absolute Gasteiger partial charge is 0.320 e. The number of nitrogens with one attached hydrogen (secondary N) is 2. The van der Waals surface area contributed by atoms with E-state index in [4.69, 9.17) is 34.8 Å². The monoisotopic (exact) mass is 511 g/mol. The largest absolute Gasteiger partial charge is 0.463 e. The zero-order valence-electron chi connectivity index (χ0n) is 13.4. The molecular weight excluding hydrogens is 508 g/mol. The minimum absolute atomic E-state index is 0.122. The molecule has 0 aromatic heterocycles. The van der Waals surface area contributed by atoms with Crippen LogP contribution in [-0.2, 0) is 15.8 Å². The van der Waals surface area contributed by atoms with Crippen molar-refractivity contribution in [2.24, 2.45) is 0 Å². The summed E-state index contributed by atoms with van der Waals surface area (Å²) in [5.74, 6) is -11.1. The van der Waals surface area contributed by atoms with Gasteiger partial charge in [0, 0.05) is 6.07 Å². The van der Waals surface area contributed by atoms with E-state index in [0.29, 0.717) is 0 Å². The van der Waals surface area contributed by atoms with Gasteiger partial charge in [-0.1, -0.05) is 34.8 Å². The Morgan fingerprint density at radius 1 is 0.900 bits per heavy atom. The quantitative estimate of drug-likeness (QED) is 0.255. The maximum atomic E-state index is 13.2. The van der Waals surface area contributed by atoms with Crippen molar-refractivity contribution in [2.75, 3.05) is 10.6 Å². The number of carbonyl (C=O) groups excluding carboxylic acids is 2. The standard InChI is InChI=1S/C12H4Cl3F8N3O4/c13-10(14,15)8(28)24-4-1-3(11(18,19)20)2-5(26(29)30)6(4)25-7(27)9(16,17)12(21,22)23/h1-2H,(H,24,28)(H,25,27). The number of rotatable bonds is 4. The molecule has 18 heteroatoms. The Morgan fingerprint density at radius 3 is 1.77 bits per heavy atom. The third-order valence-electron chi connectivity index (χ3n) is 3.03. The number of nitro groups is 1. The van der Waals surface area contributed by atoms with Gasteiger partial charge in [0.15, 0.2) is 0 Å². The third kappa shape index (κ3) is 5.72. The number of nitro benzene ring substituents is 1. The van der Waals surface area contributed by atoms with Crippen LogP contribution in [0.1, 0.15) is 5.56 Å². The summed E-state index contributed by atoms with van der Waals surface area (Å²) in [7, 11) is 0. The first-order chi connectivity index (χ1) is 13.2. The fourth-order valence-corrected chi connectivity index (χ4v) is 1.82. The van der Waals surface area contributed by atoms with Gasteiger partial charge in [-0.3, -0.25) is 19.7 Å². The van der Waals surface area contributed by atoms with E-state index in [1.807, 2.05) is 0 Å². The Bertz CT molecular complexity index is 883. The van der Waals surface area contributed by atoms with Crippen LogP contribution in [0.2, 0.25) is 0 Å². The van der Waals surface area contributed by atoms with Gasteiger partial charge >= 0.3 is 24.2 Å². The van der Waals surface area contributed by atoms with Crippen LogP contribution < -0.4 is 10.6 Å². The summed E-state index contributed by atoms with van der Waals surface area (Å²) in [6, 6.07) is -0.408. The molecule has 0 radical (unpaired) electrons. The molecule has 0 saturated carbocycles. The van der Waals surface area contributed by atoms with Crippen molar-refractivity contribution in [1.82, 2.24) is 0 Å². The maximum absolute atomic E-state index is 13.2. The van der Waals surface area contributed by atoms with Crippen molar-refractivity contribution >= 4 is 63.7 Å². The van der Waals surface area contributed by atoms with Gasteiger partial charge in [0.25, 0.3) is 15.4 Å². The molecule has 0 aliphatic carbocycles. The van der Waals surface area contributed by atoms with Crippen molar-refractivity contribution in [2.45, 2.75) is 22.1 Å². The second-order valence-corrected chi connectivity index (χ2v) is 7.43. The lowest BCUT2D eigenvalue weighted by Crippen LogP contribution is -2.47. The Morgan fingerprint density at radius 2 is 1.40 bits per heavy atom. The molecule has 0 heterocycles. The molecular formula is C12H4Cl3F8N3O4. The molecule has 0 unspecified atom stereocenters. The Hall–Kier alpha value is -2.13. The van der Waals surface area contributed by atoms with E-state index in [9.17, 15) is 54.8 Å². The van der Waals surface area contributed by atoms with Crippen LogP contribution in [0, 0.1) is 10.1 Å². The first-order valence-corrected chi connectivity index (χ1v) is 7.86. The van der Waals surface area contributed by atoms with E-state index in [0.717, 1.165) is 5.32 Å². The molecule has 0 atom stereocenters. The van der Waals surface area contributed by atoms with Crippen LogP contribution in [0.3, 0.4) is 0 Å². The summed E-state index contributed by atoms with van der Waals surface area (Å²) in [6.45, 7) is 0. The first kappa shape index (κ1) is 25.9. The number of amides is 2. The van der Waals surface area contributed by atoms with Gasteiger partial charge in [-0.05, 0) is 6.07 Å². The van der Waals surface area contributed by atoms with E-state index in [1.54, 1.807) is 0 Å². The van der Waals surface area contributed by atoms with E-state index in [2.05, 4.69) is 0 Å². The zero-order chi connectivity index (χ0) is 23.9. The van der Waals surface area contributed by atoms with Gasteiger partial charge in [0.2, 0.25) is 0 Å². The van der Waals surface area contributed by atoms with Gasteiger partial charge in [-0.15, -0.1) is 0 Å².